The van der Waals surface area contributed by atoms with Gasteiger partial charge in [0.05, 0.1) is 0 Å². The average molecular weight is 277 g/mol. The van der Waals surface area contributed by atoms with Gasteiger partial charge in [0.25, 0.3) is 0 Å². The summed E-state index contributed by atoms with van der Waals surface area (Å²) in [6.45, 7) is 2.11. The molecular weight excluding hydrogens is 250 g/mol. The van der Waals surface area contributed by atoms with Crippen molar-refractivity contribution in [1.29, 1.82) is 0 Å². The van der Waals surface area contributed by atoms with Crippen LogP contribution >= 0.6 is 0 Å². The first kappa shape index (κ1) is 15.0. The van der Waals surface area contributed by atoms with Gasteiger partial charge in [-0.15, -0.1) is 0 Å². The smallest absolute Gasteiger partial charge is 0.171 e. The average Bonchev–Trinajstić information content (AvgIpc) is 2.84. The molecule has 20 heavy (non-hydrogen) atoms. The predicted octanol–water partition coefficient (Wildman–Crippen LogP) is 2.08. The molecule has 1 N–H and O–H groups in total. The lowest BCUT2D eigenvalue weighted by Crippen LogP contribution is -2.37. The van der Waals surface area contributed by atoms with Crippen molar-refractivity contribution < 1.29 is 0 Å². The number of aromatic nitrogens is 2. The zero-order valence-electron chi connectivity index (χ0n) is 13.2. The molecule has 0 spiro atoms. The van der Waals surface area contributed by atoms with E-state index in [1.165, 1.54) is 25.7 Å². The monoisotopic (exact) mass is 277 g/mol. The molecule has 0 atom stereocenters. The Hall–Kier alpha value is -1.36. The van der Waals surface area contributed by atoms with Gasteiger partial charge in [0.2, 0.25) is 0 Å². The molecular formula is C15H27N5. The van der Waals surface area contributed by atoms with Crippen molar-refractivity contribution in [3.63, 3.8) is 0 Å². The lowest BCUT2D eigenvalue weighted by atomic mass is 9.85. The van der Waals surface area contributed by atoms with Crippen LogP contribution in [-0.2, 0) is 0 Å². The summed E-state index contributed by atoms with van der Waals surface area (Å²) >= 11 is 0. The molecule has 0 bridgehead atoms. The van der Waals surface area contributed by atoms with Crippen molar-refractivity contribution in [2.24, 2.45) is 5.41 Å². The molecule has 1 aliphatic carbocycles. The molecule has 1 aromatic heterocycles. The molecule has 1 fully saturated rings. The van der Waals surface area contributed by atoms with E-state index in [0.717, 1.165) is 24.7 Å². The third-order valence-electron chi connectivity index (χ3n) is 4.05. The van der Waals surface area contributed by atoms with E-state index in [1.54, 1.807) is 12.4 Å². The molecule has 5 nitrogen and oxygen atoms in total. The molecule has 1 saturated carbocycles. The van der Waals surface area contributed by atoms with Crippen LogP contribution in [-0.4, -0.2) is 56.1 Å². The molecule has 0 saturated heterocycles. The van der Waals surface area contributed by atoms with E-state index in [0.29, 0.717) is 5.41 Å². The van der Waals surface area contributed by atoms with Gasteiger partial charge in [0.1, 0.15) is 0 Å². The van der Waals surface area contributed by atoms with Gasteiger partial charge in [-0.1, -0.05) is 12.8 Å². The number of nitrogens with zero attached hydrogens (tertiary/aromatic N) is 4. The molecule has 1 heterocycles. The summed E-state index contributed by atoms with van der Waals surface area (Å²) in [5.41, 5.74) is 0.380. The molecule has 0 radical (unpaired) electrons. The van der Waals surface area contributed by atoms with Gasteiger partial charge in [0, 0.05) is 45.0 Å². The molecule has 0 unspecified atom stereocenters. The second-order valence-corrected chi connectivity index (χ2v) is 6.42. The van der Waals surface area contributed by atoms with E-state index in [9.17, 15) is 0 Å². The zero-order valence-corrected chi connectivity index (χ0v) is 13.2. The van der Waals surface area contributed by atoms with Crippen molar-refractivity contribution in [3.05, 3.63) is 12.4 Å². The quantitative estimate of drug-likeness (QED) is 0.862. The van der Waals surface area contributed by atoms with Crippen molar-refractivity contribution in [2.45, 2.75) is 25.7 Å². The fourth-order valence-corrected chi connectivity index (χ4v) is 3.24. The van der Waals surface area contributed by atoms with Crippen LogP contribution in [0.25, 0.3) is 0 Å². The summed E-state index contributed by atoms with van der Waals surface area (Å²) < 4.78 is 0. The summed E-state index contributed by atoms with van der Waals surface area (Å²) in [5, 5.41) is 3.54. The predicted molar refractivity (Wildman–Crippen MR) is 84.3 cm³/mol. The van der Waals surface area contributed by atoms with Gasteiger partial charge in [0.15, 0.2) is 11.6 Å². The van der Waals surface area contributed by atoms with E-state index in [1.807, 2.05) is 19.0 Å². The third-order valence-corrected chi connectivity index (χ3v) is 4.05. The first-order valence-electron chi connectivity index (χ1n) is 7.39. The number of anilines is 2. The molecule has 112 valence electrons. The Morgan fingerprint density at radius 2 is 1.75 bits per heavy atom. The van der Waals surface area contributed by atoms with E-state index < -0.39 is 0 Å². The number of hydrogen-bond donors (Lipinski definition) is 1. The lowest BCUT2D eigenvalue weighted by molar-refractivity contribution is 0.215. The minimum Gasteiger partial charge on any atom is -0.366 e. The van der Waals surface area contributed by atoms with Crippen molar-refractivity contribution in [1.82, 2.24) is 14.9 Å². The Kier molecular flexibility index (Phi) is 4.81. The topological polar surface area (TPSA) is 44.3 Å². The summed E-state index contributed by atoms with van der Waals surface area (Å²) in [6.07, 6.45) is 8.78. The van der Waals surface area contributed by atoms with Gasteiger partial charge < -0.3 is 15.1 Å². The first-order chi connectivity index (χ1) is 9.52. The summed E-state index contributed by atoms with van der Waals surface area (Å²) in [6, 6.07) is 0. The molecule has 0 aliphatic heterocycles. The maximum atomic E-state index is 4.44. The van der Waals surface area contributed by atoms with Crippen LogP contribution in [0, 0.1) is 5.41 Å². The fraction of sp³-hybridized carbons (Fsp3) is 0.733. The van der Waals surface area contributed by atoms with Crippen LogP contribution in [0.4, 0.5) is 11.6 Å². The highest BCUT2D eigenvalue weighted by Gasteiger charge is 2.34. The van der Waals surface area contributed by atoms with Crippen molar-refractivity contribution in [3.8, 4) is 0 Å². The van der Waals surface area contributed by atoms with Crippen LogP contribution in [0.1, 0.15) is 25.7 Å². The highest BCUT2D eigenvalue weighted by atomic mass is 15.2. The Morgan fingerprint density at radius 3 is 2.35 bits per heavy atom. The number of hydrogen-bond acceptors (Lipinski definition) is 5. The number of nitrogens with one attached hydrogen (secondary N) is 1. The minimum absolute atomic E-state index is 0.380. The van der Waals surface area contributed by atoms with Crippen LogP contribution in [0.5, 0.6) is 0 Å². The minimum atomic E-state index is 0.380. The SMILES string of the molecule is CN(C)CC1(CNc2nccnc2N(C)C)CCCC1. The van der Waals surface area contributed by atoms with Crippen LogP contribution < -0.4 is 10.2 Å². The van der Waals surface area contributed by atoms with Gasteiger partial charge in [-0.25, -0.2) is 9.97 Å². The molecule has 5 heteroatoms. The van der Waals surface area contributed by atoms with Crippen molar-refractivity contribution in [2.75, 3.05) is 51.5 Å². The highest BCUT2D eigenvalue weighted by molar-refractivity contribution is 5.59. The zero-order chi connectivity index (χ0) is 14.6. The van der Waals surface area contributed by atoms with Gasteiger partial charge in [-0.3, -0.25) is 0 Å². The van der Waals surface area contributed by atoms with E-state index in [4.69, 9.17) is 0 Å². The molecule has 1 aromatic rings. The maximum absolute atomic E-state index is 4.44. The summed E-state index contributed by atoms with van der Waals surface area (Å²) in [4.78, 5) is 13.1. The second-order valence-electron chi connectivity index (χ2n) is 6.42. The van der Waals surface area contributed by atoms with Crippen LogP contribution in [0.3, 0.4) is 0 Å². The van der Waals surface area contributed by atoms with Crippen LogP contribution in [0.15, 0.2) is 12.4 Å². The Bertz CT molecular complexity index is 424. The van der Waals surface area contributed by atoms with Gasteiger partial charge >= 0.3 is 0 Å². The van der Waals surface area contributed by atoms with Crippen molar-refractivity contribution >= 4 is 11.6 Å². The van der Waals surface area contributed by atoms with Gasteiger partial charge in [-0.05, 0) is 26.9 Å². The molecule has 0 aromatic carbocycles. The molecule has 2 rings (SSSR count). The fourth-order valence-electron chi connectivity index (χ4n) is 3.24. The normalized spacial score (nSPS) is 17.4. The number of rotatable bonds is 6. The van der Waals surface area contributed by atoms with E-state index in [2.05, 4.69) is 34.3 Å². The molecule has 1 aliphatic rings. The second kappa shape index (κ2) is 6.39. The van der Waals surface area contributed by atoms with Crippen LogP contribution in [0.2, 0.25) is 0 Å². The first-order valence-corrected chi connectivity index (χ1v) is 7.39. The Morgan fingerprint density at radius 1 is 1.10 bits per heavy atom. The standard InChI is InChI=1S/C15H27N5/c1-19(2)12-15(7-5-6-8-15)11-18-13-14(20(3)4)17-10-9-16-13/h9-10H,5-8,11-12H2,1-4H3,(H,16,18). The highest BCUT2D eigenvalue weighted by Crippen LogP contribution is 2.38. The lowest BCUT2D eigenvalue weighted by Gasteiger charge is -2.32. The van der Waals surface area contributed by atoms with E-state index in [-0.39, 0.29) is 0 Å². The Labute approximate surface area is 122 Å². The molecule has 0 amide bonds. The Balaban J connectivity index is 2.06. The summed E-state index contributed by atoms with van der Waals surface area (Å²) in [7, 11) is 8.32. The largest absolute Gasteiger partial charge is 0.366 e. The maximum Gasteiger partial charge on any atom is 0.171 e. The third kappa shape index (κ3) is 3.60. The van der Waals surface area contributed by atoms with Gasteiger partial charge in [-0.2, -0.15) is 0 Å². The van der Waals surface area contributed by atoms with E-state index >= 15 is 0 Å². The summed E-state index contributed by atoms with van der Waals surface area (Å²) in [5.74, 6) is 1.80.